The van der Waals surface area contributed by atoms with Gasteiger partial charge < -0.3 is 9.64 Å². The quantitative estimate of drug-likeness (QED) is 0.461. The highest BCUT2D eigenvalue weighted by molar-refractivity contribution is 5.75. The molecule has 0 aliphatic carbocycles. The topological polar surface area (TPSA) is 46.6 Å². The summed E-state index contributed by atoms with van der Waals surface area (Å²) in [6.07, 6.45) is 7.48. The summed E-state index contributed by atoms with van der Waals surface area (Å²) in [5, 5.41) is 0. The summed E-state index contributed by atoms with van der Waals surface area (Å²) in [5.74, 6) is 0.0808. The summed E-state index contributed by atoms with van der Waals surface area (Å²) in [5.41, 5.74) is 0. The molecule has 0 N–H and O–H groups in total. The number of carbonyl (C=O) groups is 2. The molecule has 0 rings (SSSR count). The fraction of sp³-hybridized carbons (Fsp3) is 0.846. The molecule has 0 fully saturated rings. The van der Waals surface area contributed by atoms with E-state index in [9.17, 15) is 9.59 Å². The van der Waals surface area contributed by atoms with Crippen LogP contribution in [0.3, 0.4) is 0 Å². The summed E-state index contributed by atoms with van der Waals surface area (Å²) in [7, 11) is 4.99. The SMILES string of the molecule is COC(=O)CCCCCCCCC(=O)N(C)C. The molecule has 0 atom stereocenters. The van der Waals surface area contributed by atoms with Gasteiger partial charge in [0.15, 0.2) is 0 Å². The number of ether oxygens (including phenoxy) is 1. The van der Waals surface area contributed by atoms with Crippen molar-refractivity contribution in [1.29, 1.82) is 0 Å². The number of esters is 1. The number of hydrogen-bond donors (Lipinski definition) is 0. The molecule has 4 heteroatoms. The third-order valence-corrected chi connectivity index (χ3v) is 2.75. The smallest absolute Gasteiger partial charge is 0.305 e. The van der Waals surface area contributed by atoms with E-state index < -0.39 is 0 Å². The van der Waals surface area contributed by atoms with E-state index >= 15 is 0 Å². The van der Waals surface area contributed by atoms with Crippen LogP contribution in [-0.2, 0) is 14.3 Å². The molecule has 0 saturated carbocycles. The lowest BCUT2D eigenvalue weighted by molar-refractivity contribution is -0.140. The van der Waals surface area contributed by atoms with E-state index in [0.29, 0.717) is 12.8 Å². The van der Waals surface area contributed by atoms with Crippen LogP contribution in [0.25, 0.3) is 0 Å². The monoisotopic (exact) mass is 243 g/mol. The lowest BCUT2D eigenvalue weighted by Gasteiger charge is -2.09. The zero-order chi connectivity index (χ0) is 13.1. The second-order valence-corrected chi connectivity index (χ2v) is 4.49. The van der Waals surface area contributed by atoms with E-state index in [-0.39, 0.29) is 11.9 Å². The zero-order valence-electron chi connectivity index (χ0n) is 11.3. The predicted molar refractivity (Wildman–Crippen MR) is 67.6 cm³/mol. The lowest BCUT2D eigenvalue weighted by atomic mass is 10.1. The number of methoxy groups -OCH3 is 1. The Kier molecular flexibility index (Phi) is 9.49. The minimum absolute atomic E-state index is 0.124. The number of amides is 1. The molecule has 0 spiro atoms. The molecular formula is C13H25NO3. The Bertz CT molecular complexity index is 227. The largest absolute Gasteiger partial charge is 0.469 e. The fourth-order valence-corrected chi connectivity index (χ4v) is 1.58. The first-order valence-corrected chi connectivity index (χ1v) is 6.35. The Morgan fingerprint density at radius 1 is 0.882 bits per heavy atom. The molecule has 0 bridgehead atoms. The molecule has 0 saturated heterocycles. The summed E-state index contributed by atoms with van der Waals surface area (Å²) in [4.78, 5) is 23.7. The van der Waals surface area contributed by atoms with Crippen LogP contribution in [-0.4, -0.2) is 38.0 Å². The van der Waals surface area contributed by atoms with E-state index in [2.05, 4.69) is 4.74 Å². The first-order chi connectivity index (χ1) is 8.07. The van der Waals surface area contributed by atoms with Gasteiger partial charge in [-0.2, -0.15) is 0 Å². The van der Waals surface area contributed by atoms with Gasteiger partial charge in [0, 0.05) is 26.9 Å². The molecule has 1 amide bonds. The van der Waals surface area contributed by atoms with Gasteiger partial charge in [-0.1, -0.05) is 25.7 Å². The van der Waals surface area contributed by atoms with Crippen molar-refractivity contribution < 1.29 is 14.3 Å². The number of unbranched alkanes of at least 4 members (excludes halogenated alkanes) is 5. The van der Waals surface area contributed by atoms with Gasteiger partial charge in [0.1, 0.15) is 0 Å². The molecule has 0 heterocycles. The van der Waals surface area contributed by atoms with Gasteiger partial charge in [-0.15, -0.1) is 0 Å². The van der Waals surface area contributed by atoms with Gasteiger partial charge in [0.05, 0.1) is 7.11 Å². The molecule has 100 valence electrons. The molecule has 17 heavy (non-hydrogen) atoms. The Morgan fingerprint density at radius 3 is 1.82 bits per heavy atom. The number of nitrogens with zero attached hydrogens (tertiary/aromatic N) is 1. The van der Waals surface area contributed by atoms with E-state index in [4.69, 9.17) is 0 Å². The van der Waals surface area contributed by atoms with Gasteiger partial charge >= 0.3 is 5.97 Å². The van der Waals surface area contributed by atoms with Crippen molar-refractivity contribution in [3.63, 3.8) is 0 Å². The second kappa shape index (κ2) is 10.1. The summed E-state index contributed by atoms with van der Waals surface area (Å²) >= 11 is 0. The maximum atomic E-state index is 11.3. The molecule has 0 aromatic heterocycles. The standard InChI is InChI=1S/C13H25NO3/c1-14(2)12(15)10-8-6-4-5-7-9-11-13(16)17-3/h4-11H2,1-3H3. The molecule has 0 aliphatic rings. The highest BCUT2D eigenvalue weighted by Gasteiger charge is 2.03. The van der Waals surface area contributed by atoms with Crippen molar-refractivity contribution in [2.75, 3.05) is 21.2 Å². The van der Waals surface area contributed by atoms with Crippen molar-refractivity contribution in [2.24, 2.45) is 0 Å². The minimum atomic E-state index is -0.124. The highest BCUT2D eigenvalue weighted by atomic mass is 16.5. The van der Waals surface area contributed by atoms with Crippen LogP contribution in [0, 0.1) is 0 Å². The van der Waals surface area contributed by atoms with Crippen LogP contribution < -0.4 is 0 Å². The Labute approximate surface area is 104 Å². The average Bonchev–Trinajstić information content (AvgIpc) is 2.31. The highest BCUT2D eigenvalue weighted by Crippen LogP contribution is 2.09. The van der Waals surface area contributed by atoms with Crippen LogP contribution >= 0.6 is 0 Å². The third kappa shape index (κ3) is 9.85. The Morgan fingerprint density at radius 2 is 1.35 bits per heavy atom. The van der Waals surface area contributed by atoms with Crippen molar-refractivity contribution in [3.8, 4) is 0 Å². The maximum absolute atomic E-state index is 11.3. The number of hydrogen-bond acceptors (Lipinski definition) is 3. The Balaban J connectivity index is 3.19. The second-order valence-electron chi connectivity index (χ2n) is 4.49. The van der Waals surface area contributed by atoms with Gasteiger partial charge in [-0.3, -0.25) is 9.59 Å². The molecule has 0 radical (unpaired) electrons. The summed E-state index contributed by atoms with van der Waals surface area (Å²) in [6, 6.07) is 0. The lowest BCUT2D eigenvalue weighted by Crippen LogP contribution is -2.20. The van der Waals surface area contributed by atoms with Gasteiger partial charge in [0.25, 0.3) is 0 Å². The van der Waals surface area contributed by atoms with E-state index in [0.717, 1.165) is 38.5 Å². The van der Waals surface area contributed by atoms with Crippen LogP contribution in [0.4, 0.5) is 0 Å². The van der Waals surface area contributed by atoms with E-state index in [1.54, 1.807) is 19.0 Å². The maximum Gasteiger partial charge on any atom is 0.305 e. The molecule has 0 unspecified atom stereocenters. The Hall–Kier alpha value is -1.06. The fourth-order valence-electron chi connectivity index (χ4n) is 1.58. The third-order valence-electron chi connectivity index (χ3n) is 2.75. The summed E-state index contributed by atoms with van der Waals surface area (Å²) in [6.45, 7) is 0. The molecule has 0 aliphatic heterocycles. The van der Waals surface area contributed by atoms with Crippen LogP contribution in [0.1, 0.15) is 51.4 Å². The van der Waals surface area contributed by atoms with Crippen LogP contribution in [0.15, 0.2) is 0 Å². The van der Waals surface area contributed by atoms with Gasteiger partial charge in [-0.25, -0.2) is 0 Å². The van der Waals surface area contributed by atoms with Crippen molar-refractivity contribution >= 4 is 11.9 Å². The predicted octanol–water partition coefficient (Wildman–Crippen LogP) is 2.37. The van der Waals surface area contributed by atoms with Crippen LogP contribution in [0.5, 0.6) is 0 Å². The zero-order valence-corrected chi connectivity index (χ0v) is 11.3. The molecular weight excluding hydrogens is 218 g/mol. The van der Waals surface area contributed by atoms with Crippen molar-refractivity contribution in [3.05, 3.63) is 0 Å². The van der Waals surface area contributed by atoms with Crippen molar-refractivity contribution in [2.45, 2.75) is 51.4 Å². The number of carbonyl (C=O) groups excluding carboxylic acids is 2. The van der Waals surface area contributed by atoms with E-state index in [1.807, 2.05) is 0 Å². The average molecular weight is 243 g/mol. The molecule has 0 aromatic rings. The molecule has 4 nitrogen and oxygen atoms in total. The van der Waals surface area contributed by atoms with Gasteiger partial charge in [0.2, 0.25) is 5.91 Å². The first-order valence-electron chi connectivity index (χ1n) is 6.35. The molecule has 0 aromatic carbocycles. The van der Waals surface area contributed by atoms with Crippen LogP contribution in [0.2, 0.25) is 0 Å². The number of rotatable bonds is 9. The van der Waals surface area contributed by atoms with E-state index in [1.165, 1.54) is 7.11 Å². The summed E-state index contributed by atoms with van der Waals surface area (Å²) < 4.78 is 4.56. The van der Waals surface area contributed by atoms with Gasteiger partial charge in [-0.05, 0) is 12.8 Å². The minimum Gasteiger partial charge on any atom is -0.469 e. The van der Waals surface area contributed by atoms with Crippen molar-refractivity contribution in [1.82, 2.24) is 4.90 Å². The first kappa shape index (κ1) is 15.9. The normalized spacial score (nSPS) is 10.1.